The fourth-order valence-electron chi connectivity index (χ4n) is 3.11. The third kappa shape index (κ3) is 5.42. The molecule has 2 aromatic carbocycles. The molecule has 144 valence electrons. The maximum Gasteiger partial charge on any atom is 0.193 e. The molecule has 6 nitrogen and oxygen atoms in total. The van der Waals surface area contributed by atoms with Gasteiger partial charge >= 0.3 is 0 Å². The Hall–Kier alpha value is -2.64. The van der Waals surface area contributed by atoms with Crippen LogP contribution in [0.1, 0.15) is 11.6 Å². The van der Waals surface area contributed by atoms with E-state index in [1.54, 1.807) is 19.2 Å². The van der Waals surface area contributed by atoms with Crippen molar-refractivity contribution in [3.8, 4) is 5.75 Å². The Bertz CT molecular complexity index is 778. The second-order valence-electron chi connectivity index (χ2n) is 6.30. The average Bonchev–Trinajstić information content (AvgIpc) is 2.69. The number of rotatable bonds is 6. The van der Waals surface area contributed by atoms with Crippen molar-refractivity contribution in [2.24, 2.45) is 10.7 Å². The lowest BCUT2D eigenvalue weighted by Gasteiger charge is -2.34. The normalized spacial score (nSPS) is 16.7. The molecule has 0 aliphatic carbocycles. The summed E-state index contributed by atoms with van der Waals surface area (Å²) in [6, 6.07) is 14.0. The lowest BCUT2D eigenvalue weighted by molar-refractivity contribution is 0.0179. The van der Waals surface area contributed by atoms with Crippen LogP contribution in [0.5, 0.6) is 5.75 Å². The average molecular weight is 372 g/mol. The summed E-state index contributed by atoms with van der Waals surface area (Å²) in [4.78, 5) is 6.74. The Morgan fingerprint density at radius 2 is 2.04 bits per heavy atom. The molecule has 1 heterocycles. The van der Waals surface area contributed by atoms with Crippen LogP contribution in [0.25, 0.3) is 0 Å². The minimum absolute atomic E-state index is 0.0599. The molecule has 0 saturated carbocycles. The molecule has 1 fully saturated rings. The number of halogens is 1. The van der Waals surface area contributed by atoms with Gasteiger partial charge in [0.05, 0.1) is 32.9 Å². The van der Waals surface area contributed by atoms with Gasteiger partial charge in [-0.15, -0.1) is 0 Å². The van der Waals surface area contributed by atoms with E-state index in [4.69, 9.17) is 15.2 Å². The molecular weight excluding hydrogens is 347 g/mol. The van der Waals surface area contributed by atoms with Crippen LogP contribution in [0.15, 0.2) is 53.5 Å². The van der Waals surface area contributed by atoms with Gasteiger partial charge in [0, 0.05) is 24.8 Å². The molecule has 0 aromatic heterocycles. The first-order valence-corrected chi connectivity index (χ1v) is 8.94. The number of aliphatic imine (C=N–C) groups is 1. The molecule has 2 aromatic rings. The Kier molecular flexibility index (Phi) is 6.62. The zero-order valence-corrected chi connectivity index (χ0v) is 15.4. The smallest absolute Gasteiger partial charge is 0.193 e. The van der Waals surface area contributed by atoms with Crippen molar-refractivity contribution in [2.75, 3.05) is 45.3 Å². The SMILES string of the molecule is COc1cccc(NC(N)=NCC(c2cccc(F)c2)N2CCOCC2)c1. The lowest BCUT2D eigenvalue weighted by atomic mass is 10.0. The number of benzene rings is 2. The molecule has 0 spiro atoms. The van der Waals surface area contributed by atoms with Crippen LogP contribution in [0.3, 0.4) is 0 Å². The van der Waals surface area contributed by atoms with Crippen molar-refractivity contribution in [1.29, 1.82) is 0 Å². The van der Waals surface area contributed by atoms with Crippen molar-refractivity contribution in [2.45, 2.75) is 6.04 Å². The van der Waals surface area contributed by atoms with Crippen LogP contribution >= 0.6 is 0 Å². The van der Waals surface area contributed by atoms with E-state index in [2.05, 4.69) is 15.2 Å². The summed E-state index contributed by atoms with van der Waals surface area (Å²) in [6.45, 7) is 3.30. The number of ether oxygens (including phenoxy) is 2. The quantitative estimate of drug-likeness (QED) is 0.602. The third-order valence-electron chi connectivity index (χ3n) is 4.50. The highest BCUT2D eigenvalue weighted by molar-refractivity contribution is 5.92. The second kappa shape index (κ2) is 9.34. The fourth-order valence-corrected chi connectivity index (χ4v) is 3.11. The Morgan fingerprint density at radius 1 is 1.26 bits per heavy atom. The van der Waals surface area contributed by atoms with Crippen molar-refractivity contribution in [3.63, 3.8) is 0 Å². The number of nitrogens with two attached hydrogens (primary N) is 1. The summed E-state index contributed by atoms with van der Waals surface area (Å²) >= 11 is 0. The number of methoxy groups -OCH3 is 1. The molecule has 27 heavy (non-hydrogen) atoms. The van der Waals surface area contributed by atoms with Gasteiger partial charge in [0.15, 0.2) is 5.96 Å². The number of morpholine rings is 1. The third-order valence-corrected chi connectivity index (χ3v) is 4.50. The number of nitrogens with zero attached hydrogens (tertiary/aromatic N) is 2. The topological polar surface area (TPSA) is 72.1 Å². The van der Waals surface area contributed by atoms with E-state index in [1.807, 2.05) is 30.3 Å². The van der Waals surface area contributed by atoms with Gasteiger partial charge in [-0.25, -0.2) is 4.39 Å². The van der Waals surface area contributed by atoms with Gasteiger partial charge < -0.3 is 20.5 Å². The van der Waals surface area contributed by atoms with E-state index in [0.717, 1.165) is 30.1 Å². The molecule has 1 atom stereocenters. The zero-order valence-electron chi connectivity index (χ0n) is 15.4. The van der Waals surface area contributed by atoms with Gasteiger partial charge in [-0.2, -0.15) is 0 Å². The molecule has 3 N–H and O–H groups in total. The molecule has 1 unspecified atom stereocenters. The maximum atomic E-state index is 13.7. The number of nitrogens with one attached hydrogen (secondary N) is 1. The predicted molar refractivity (Wildman–Crippen MR) is 105 cm³/mol. The van der Waals surface area contributed by atoms with Gasteiger partial charge in [0.1, 0.15) is 11.6 Å². The molecular formula is C20H25FN4O2. The van der Waals surface area contributed by atoms with Crippen LogP contribution in [0.4, 0.5) is 10.1 Å². The largest absolute Gasteiger partial charge is 0.497 e. The predicted octanol–water partition coefficient (Wildman–Crippen LogP) is 2.63. The lowest BCUT2D eigenvalue weighted by Crippen LogP contribution is -2.40. The van der Waals surface area contributed by atoms with E-state index in [0.29, 0.717) is 25.7 Å². The fraction of sp³-hybridized carbons (Fsp3) is 0.350. The number of anilines is 1. The van der Waals surface area contributed by atoms with E-state index in [9.17, 15) is 4.39 Å². The molecule has 0 radical (unpaired) electrons. The van der Waals surface area contributed by atoms with Gasteiger partial charge in [0.2, 0.25) is 0 Å². The van der Waals surface area contributed by atoms with Gasteiger partial charge in [-0.05, 0) is 29.8 Å². The van der Waals surface area contributed by atoms with Crippen LogP contribution in [0, 0.1) is 5.82 Å². The van der Waals surface area contributed by atoms with Crippen LogP contribution < -0.4 is 15.8 Å². The van der Waals surface area contributed by atoms with E-state index >= 15 is 0 Å². The molecule has 7 heteroatoms. The van der Waals surface area contributed by atoms with E-state index < -0.39 is 0 Å². The molecule has 0 amide bonds. The first-order valence-electron chi connectivity index (χ1n) is 8.94. The Morgan fingerprint density at radius 3 is 2.78 bits per heavy atom. The highest BCUT2D eigenvalue weighted by Gasteiger charge is 2.22. The summed E-state index contributed by atoms with van der Waals surface area (Å²) in [5.74, 6) is 0.786. The summed E-state index contributed by atoms with van der Waals surface area (Å²) in [5.41, 5.74) is 7.74. The number of guanidine groups is 1. The van der Waals surface area contributed by atoms with Gasteiger partial charge in [-0.1, -0.05) is 18.2 Å². The number of hydrogen-bond acceptors (Lipinski definition) is 4. The first kappa shape index (κ1) is 19.1. The van der Waals surface area contributed by atoms with Gasteiger partial charge in [0.25, 0.3) is 0 Å². The van der Waals surface area contributed by atoms with Crippen molar-refractivity contribution < 1.29 is 13.9 Å². The molecule has 0 bridgehead atoms. The standard InChI is InChI=1S/C20H25FN4O2/c1-26-18-7-3-6-17(13-18)24-20(22)23-14-19(25-8-10-27-11-9-25)15-4-2-5-16(21)12-15/h2-7,12-13,19H,8-11,14H2,1H3,(H3,22,23,24). The minimum Gasteiger partial charge on any atom is -0.497 e. The Balaban J connectivity index is 1.73. The Labute approximate surface area is 158 Å². The highest BCUT2D eigenvalue weighted by atomic mass is 19.1. The van der Waals surface area contributed by atoms with Crippen LogP contribution in [-0.4, -0.2) is 50.8 Å². The summed E-state index contributed by atoms with van der Waals surface area (Å²) in [5, 5.41) is 3.07. The summed E-state index contributed by atoms with van der Waals surface area (Å²) in [6.07, 6.45) is 0. The minimum atomic E-state index is -0.253. The van der Waals surface area contributed by atoms with Crippen LogP contribution in [0.2, 0.25) is 0 Å². The molecule has 1 saturated heterocycles. The monoisotopic (exact) mass is 372 g/mol. The van der Waals surface area contributed by atoms with Crippen LogP contribution in [-0.2, 0) is 4.74 Å². The van der Waals surface area contributed by atoms with E-state index in [1.165, 1.54) is 6.07 Å². The van der Waals surface area contributed by atoms with Crippen molar-refractivity contribution in [1.82, 2.24) is 4.90 Å². The van der Waals surface area contributed by atoms with Crippen molar-refractivity contribution >= 4 is 11.6 Å². The number of hydrogen-bond donors (Lipinski definition) is 2. The maximum absolute atomic E-state index is 13.7. The molecule has 1 aliphatic rings. The van der Waals surface area contributed by atoms with Crippen molar-refractivity contribution in [3.05, 3.63) is 59.9 Å². The highest BCUT2D eigenvalue weighted by Crippen LogP contribution is 2.23. The molecule has 1 aliphatic heterocycles. The second-order valence-corrected chi connectivity index (χ2v) is 6.30. The van der Waals surface area contributed by atoms with E-state index in [-0.39, 0.29) is 11.9 Å². The summed E-state index contributed by atoms with van der Waals surface area (Å²) in [7, 11) is 1.61. The first-order chi connectivity index (χ1) is 13.2. The zero-order chi connectivity index (χ0) is 19.1. The van der Waals surface area contributed by atoms with Gasteiger partial charge in [-0.3, -0.25) is 9.89 Å². The summed E-state index contributed by atoms with van der Waals surface area (Å²) < 4.78 is 24.4. The molecule has 3 rings (SSSR count).